The first-order valence-electron chi connectivity index (χ1n) is 5.34. The van der Waals surface area contributed by atoms with Crippen molar-refractivity contribution in [2.75, 3.05) is 11.9 Å². The van der Waals surface area contributed by atoms with Crippen molar-refractivity contribution in [1.29, 1.82) is 0 Å². The van der Waals surface area contributed by atoms with E-state index in [0.717, 1.165) is 5.69 Å². The largest absolute Gasteiger partial charge is 0.480 e. The van der Waals surface area contributed by atoms with Crippen LogP contribution in [0.2, 0.25) is 0 Å². The van der Waals surface area contributed by atoms with Crippen LogP contribution in [0.15, 0.2) is 18.2 Å². The SMILES string of the molecule is CN1C(=O)Cc2cc(C(=O)C(N)C(=O)O)ccc21. The van der Waals surface area contributed by atoms with E-state index in [2.05, 4.69) is 0 Å². The molecule has 6 nitrogen and oxygen atoms in total. The Labute approximate surface area is 103 Å². The van der Waals surface area contributed by atoms with Crippen LogP contribution in [-0.4, -0.2) is 35.9 Å². The summed E-state index contributed by atoms with van der Waals surface area (Å²) in [4.78, 5) is 35.4. The summed E-state index contributed by atoms with van der Waals surface area (Å²) in [5.41, 5.74) is 6.93. The maximum Gasteiger partial charge on any atom is 0.328 e. The van der Waals surface area contributed by atoms with Crippen LogP contribution in [0, 0.1) is 0 Å². The van der Waals surface area contributed by atoms with E-state index in [1.807, 2.05) is 0 Å². The molecule has 1 aromatic carbocycles. The zero-order valence-corrected chi connectivity index (χ0v) is 9.71. The zero-order valence-electron chi connectivity index (χ0n) is 9.71. The number of Topliss-reactive ketones (excluding diaryl/α,β-unsaturated/α-hetero) is 1. The number of rotatable bonds is 3. The molecule has 2 rings (SSSR count). The van der Waals surface area contributed by atoms with Gasteiger partial charge in [-0.1, -0.05) is 0 Å². The molecule has 1 aliphatic rings. The number of hydrogen-bond acceptors (Lipinski definition) is 4. The topological polar surface area (TPSA) is 101 Å². The molecular weight excluding hydrogens is 236 g/mol. The molecule has 0 bridgehead atoms. The van der Waals surface area contributed by atoms with Gasteiger partial charge in [0.05, 0.1) is 6.42 Å². The molecule has 94 valence electrons. The molecule has 1 unspecified atom stereocenters. The first-order valence-corrected chi connectivity index (χ1v) is 5.34. The Morgan fingerprint density at radius 2 is 2.11 bits per heavy atom. The highest BCUT2D eigenvalue weighted by Gasteiger charge is 2.27. The van der Waals surface area contributed by atoms with Gasteiger partial charge in [0, 0.05) is 18.3 Å². The van der Waals surface area contributed by atoms with Crippen molar-refractivity contribution >= 4 is 23.3 Å². The smallest absolute Gasteiger partial charge is 0.328 e. The Hall–Kier alpha value is -2.21. The number of hydrogen-bond donors (Lipinski definition) is 2. The fourth-order valence-corrected chi connectivity index (χ4v) is 1.92. The van der Waals surface area contributed by atoms with Crippen molar-refractivity contribution in [3.05, 3.63) is 29.3 Å². The lowest BCUT2D eigenvalue weighted by atomic mass is 10.0. The quantitative estimate of drug-likeness (QED) is 0.570. The van der Waals surface area contributed by atoms with Gasteiger partial charge in [-0.25, -0.2) is 0 Å². The first kappa shape index (κ1) is 12.3. The number of amides is 1. The van der Waals surface area contributed by atoms with Gasteiger partial charge in [-0.3, -0.25) is 14.4 Å². The number of nitrogens with two attached hydrogens (primary N) is 1. The molecular formula is C12H12N2O4. The van der Waals surface area contributed by atoms with Gasteiger partial charge in [-0.05, 0) is 23.8 Å². The average Bonchev–Trinajstić information content (AvgIpc) is 2.62. The third-order valence-corrected chi connectivity index (χ3v) is 2.99. The molecule has 0 radical (unpaired) electrons. The number of anilines is 1. The second-order valence-corrected chi connectivity index (χ2v) is 4.15. The minimum Gasteiger partial charge on any atom is -0.480 e. The molecule has 0 aromatic heterocycles. The van der Waals surface area contributed by atoms with Crippen molar-refractivity contribution in [2.24, 2.45) is 5.73 Å². The van der Waals surface area contributed by atoms with E-state index in [-0.39, 0.29) is 17.9 Å². The molecule has 0 aliphatic carbocycles. The maximum atomic E-state index is 11.7. The second kappa shape index (κ2) is 4.23. The lowest BCUT2D eigenvalue weighted by Crippen LogP contribution is -2.38. The summed E-state index contributed by atoms with van der Waals surface area (Å²) < 4.78 is 0. The number of ketones is 1. The number of carboxylic acids is 1. The van der Waals surface area contributed by atoms with Crippen molar-refractivity contribution in [3.63, 3.8) is 0 Å². The number of carbonyl (C=O) groups excluding carboxylic acids is 2. The van der Waals surface area contributed by atoms with Gasteiger partial charge in [0.25, 0.3) is 0 Å². The van der Waals surface area contributed by atoms with Gasteiger partial charge in [-0.15, -0.1) is 0 Å². The van der Waals surface area contributed by atoms with Gasteiger partial charge in [0.2, 0.25) is 5.91 Å². The summed E-state index contributed by atoms with van der Waals surface area (Å²) in [7, 11) is 1.65. The van der Waals surface area contributed by atoms with Crippen LogP contribution in [0.3, 0.4) is 0 Å². The molecule has 1 atom stereocenters. The Morgan fingerprint density at radius 3 is 2.72 bits per heavy atom. The standard InChI is InChI=1S/C12H12N2O4/c1-14-8-3-2-6(4-7(8)5-9(14)15)11(16)10(13)12(17)18/h2-4,10H,5,13H2,1H3,(H,17,18). The summed E-state index contributed by atoms with van der Waals surface area (Å²) in [5, 5.41) is 8.68. The van der Waals surface area contributed by atoms with Crippen LogP contribution in [0.5, 0.6) is 0 Å². The Morgan fingerprint density at radius 1 is 1.44 bits per heavy atom. The minimum absolute atomic E-state index is 0.0582. The van der Waals surface area contributed by atoms with Crippen LogP contribution >= 0.6 is 0 Å². The molecule has 1 aromatic rings. The molecule has 0 spiro atoms. The van der Waals surface area contributed by atoms with Gasteiger partial charge in [0.15, 0.2) is 11.8 Å². The molecule has 1 aliphatic heterocycles. The monoisotopic (exact) mass is 248 g/mol. The summed E-state index contributed by atoms with van der Waals surface area (Å²) in [6.07, 6.45) is 0.218. The molecule has 0 saturated carbocycles. The average molecular weight is 248 g/mol. The lowest BCUT2D eigenvalue weighted by Gasteiger charge is -2.11. The maximum absolute atomic E-state index is 11.7. The number of carbonyl (C=O) groups is 3. The lowest BCUT2D eigenvalue weighted by molar-refractivity contribution is -0.137. The Balaban J connectivity index is 2.34. The summed E-state index contributed by atoms with van der Waals surface area (Å²) in [6, 6.07) is 3.07. The van der Waals surface area contributed by atoms with Crippen molar-refractivity contribution in [3.8, 4) is 0 Å². The van der Waals surface area contributed by atoms with Crippen LogP contribution in [0.25, 0.3) is 0 Å². The van der Waals surface area contributed by atoms with Crippen molar-refractivity contribution in [1.82, 2.24) is 0 Å². The minimum atomic E-state index is -1.57. The van der Waals surface area contributed by atoms with E-state index >= 15 is 0 Å². The highest BCUT2D eigenvalue weighted by molar-refractivity contribution is 6.12. The zero-order chi connectivity index (χ0) is 13.4. The summed E-state index contributed by atoms with van der Waals surface area (Å²) >= 11 is 0. The van der Waals surface area contributed by atoms with Gasteiger partial charge < -0.3 is 15.7 Å². The van der Waals surface area contributed by atoms with Crippen molar-refractivity contribution < 1.29 is 19.5 Å². The van der Waals surface area contributed by atoms with E-state index in [9.17, 15) is 14.4 Å². The van der Waals surface area contributed by atoms with E-state index in [4.69, 9.17) is 10.8 Å². The number of fused-ring (bicyclic) bond motifs is 1. The molecule has 1 heterocycles. The molecule has 3 N–H and O–H groups in total. The van der Waals surface area contributed by atoms with Crippen LogP contribution < -0.4 is 10.6 Å². The molecule has 1 amide bonds. The summed E-state index contributed by atoms with van der Waals surface area (Å²) in [6.45, 7) is 0. The number of nitrogens with zero attached hydrogens (tertiary/aromatic N) is 1. The normalized spacial score (nSPS) is 15.4. The van der Waals surface area contributed by atoms with Crippen LogP contribution in [0.4, 0.5) is 5.69 Å². The van der Waals surface area contributed by atoms with Gasteiger partial charge in [-0.2, -0.15) is 0 Å². The number of benzene rings is 1. The van der Waals surface area contributed by atoms with Crippen LogP contribution in [0.1, 0.15) is 15.9 Å². The molecule has 0 fully saturated rings. The fourth-order valence-electron chi connectivity index (χ4n) is 1.92. The Kier molecular flexibility index (Phi) is 2.88. The van der Waals surface area contributed by atoms with E-state index in [0.29, 0.717) is 5.56 Å². The predicted octanol–water partition coefficient (Wildman–Crippen LogP) is -0.200. The number of aliphatic carboxylic acids is 1. The van der Waals surface area contributed by atoms with Crippen LogP contribution in [-0.2, 0) is 16.0 Å². The van der Waals surface area contributed by atoms with Gasteiger partial charge in [0.1, 0.15) is 0 Å². The number of likely N-dealkylation sites (N-methyl/N-ethyl adjacent to an activating group) is 1. The van der Waals surface area contributed by atoms with E-state index in [1.165, 1.54) is 17.0 Å². The third-order valence-electron chi connectivity index (χ3n) is 2.99. The second-order valence-electron chi connectivity index (χ2n) is 4.15. The molecule has 6 heteroatoms. The van der Waals surface area contributed by atoms with Gasteiger partial charge >= 0.3 is 5.97 Å². The van der Waals surface area contributed by atoms with E-state index < -0.39 is 17.8 Å². The Bertz CT molecular complexity index is 553. The predicted molar refractivity (Wildman–Crippen MR) is 63.5 cm³/mol. The summed E-state index contributed by atoms with van der Waals surface area (Å²) in [5.74, 6) is -2.09. The first-order chi connectivity index (χ1) is 8.41. The molecule has 18 heavy (non-hydrogen) atoms. The number of carboxylic acid groups (broad SMARTS) is 1. The van der Waals surface area contributed by atoms with Crippen molar-refractivity contribution in [2.45, 2.75) is 12.5 Å². The molecule has 0 saturated heterocycles. The third kappa shape index (κ3) is 1.86. The van der Waals surface area contributed by atoms with E-state index in [1.54, 1.807) is 13.1 Å². The highest BCUT2D eigenvalue weighted by atomic mass is 16.4. The highest BCUT2D eigenvalue weighted by Crippen LogP contribution is 2.28. The fraction of sp³-hybridized carbons (Fsp3) is 0.250.